The summed E-state index contributed by atoms with van der Waals surface area (Å²) in [6.45, 7) is 0.00708. The van der Waals surface area contributed by atoms with E-state index in [9.17, 15) is 0 Å². The van der Waals surface area contributed by atoms with E-state index in [1.807, 2.05) is 42.6 Å². The maximum Gasteiger partial charge on any atom is 0.153 e. The van der Waals surface area contributed by atoms with Crippen LogP contribution in [-0.4, -0.2) is 19.9 Å². The lowest BCUT2D eigenvalue weighted by Crippen LogP contribution is -1.99. The van der Waals surface area contributed by atoms with E-state index >= 15 is 0 Å². The fourth-order valence-electron chi connectivity index (χ4n) is 1.79. The molecule has 0 radical (unpaired) electrons. The fourth-order valence-corrected chi connectivity index (χ4v) is 1.79. The standard InChI is InChI=1S/C13H11N3O/c17-9-10-5-6-13(14-7-10)16-12-4-2-1-3-11(12)8-15-16/h1-8,17H,9H2. The van der Waals surface area contributed by atoms with Gasteiger partial charge in [0.2, 0.25) is 0 Å². The quantitative estimate of drug-likeness (QED) is 0.724. The summed E-state index contributed by atoms with van der Waals surface area (Å²) in [4.78, 5) is 4.28. The van der Waals surface area contributed by atoms with E-state index < -0.39 is 0 Å². The van der Waals surface area contributed by atoms with Crippen molar-refractivity contribution >= 4 is 10.9 Å². The van der Waals surface area contributed by atoms with E-state index in [4.69, 9.17) is 5.11 Å². The Hall–Kier alpha value is -2.20. The summed E-state index contributed by atoms with van der Waals surface area (Å²) in [7, 11) is 0. The SMILES string of the molecule is OCc1ccc(-n2ncc3ccccc32)nc1. The molecule has 0 aliphatic rings. The second-order valence-electron chi connectivity index (χ2n) is 3.80. The van der Waals surface area contributed by atoms with Crippen LogP contribution in [0, 0.1) is 0 Å². The van der Waals surface area contributed by atoms with Gasteiger partial charge in [0.25, 0.3) is 0 Å². The summed E-state index contributed by atoms with van der Waals surface area (Å²) in [5.74, 6) is 0.753. The van der Waals surface area contributed by atoms with Gasteiger partial charge < -0.3 is 5.11 Å². The molecule has 84 valence electrons. The number of fused-ring (bicyclic) bond motifs is 1. The van der Waals surface area contributed by atoms with Crippen molar-refractivity contribution in [3.8, 4) is 5.82 Å². The van der Waals surface area contributed by atoms with Gasteiger partial charge in [0.05, 0.1) is 18.3 Å². The van der Waals surface area contributed by atoms with Crippen LogP contribution in [0.1, 0.15) is 5.56 Å². The maximum absolute atomic E-state index is 8.97. The normalized spacial score (nSPS) is 10.9. The van der Waals surface area contributed by atoms with Crippen LogP contribution in [0.4, 0.5) is 0 Å². The van der Waals surface area contributed by atoms with Crippen molar-refractivity contribution in [1.29, 1.82) is 0 Å². The average Bonchev–Trinajstić information content (AvgIpc) is 2.83. The molecular weight excluding hydrogens is 214 g/mol. The molecule has 3 rings (SSSR count). The Morgan fingerprint density at radius 3 is 2.71 bits per heavy atom. The zero-order valence-electron chi connectivity index (χ0n) is 9.11. The topological polar surface area (TPSA) is 50.9 Å². The third-order valence-electron chi connectivity index (χ3n) is 2.69. The number of aromatic nitrogens is 3. The number of hydrogen-bond acceptors (Lipinski definition) is 3. The molecule has 0 aliphatic carbocycles. The van der Waals surface area contributed by atoms with E-state index in [1.54, 1.807) is 10.9 Å². The minimum atomic E-state index is 0.00708. The van der Waals surface area contributed by atoms with Crippen LogP contribution in [0.5, 0.6) is 0 Å². The fraction of sp³-hybridized carbons (Fsp3) is 0.0769. The van der Waals surface area contributed by atoms with Crippen LogP contribution in [-0.2, 0) is 6.61 Å². The highest BCUT2D eigenvalue weighted by Gasteiger charge is 2.04. The molecule has 4 nitrogen and oxygen atoms in total. The molecule has 0 atom stereocenters. The number of para-hydroxylation sites is 1. The lowest BCUT2D eigenvalue weighted by Gasteiger charge is -2.03. The number of nitrogens with zero attached hydrogens (tertiary/aromatic N) is 3. The highest BCUT2D eigenvalue weighted by atomic mass is 16.3. The van der Waals surface area contributed by atoms with Gasteiger partial charge in [-0.15, -0.1) is 0 Å². The minimum absolute atomic E-state index is 0.00708. The molecule has 3 aromatic rings. The Kier molecular flexibility index (Phi) is 2.34. The first-order valence-electron chi connectivity index (χ1n) is 5.37. The number of hydrogen-bond donors (Lipinski definition) is 1. The predicted octanol–water partition coefficient (Wildman–Crippen LogP) is 1.91. The van der Waals surface area contributed by atoms with E-state index in [1.165, 1.54) is 0 Å². The average molecular weight is 225 g/mol. The number of pyridine rings is 1. The Morgan fingerprint density at radius 1 is 1.06 bits per heavy atom. The molecule has 0 saturated carbocycles. The molecule has 0 saturated heterocycles. The maximum atomic E-state index is 8.97. The molecule has 1 aromatic carbocycles. The molecule has 2 aromatic heterocycles. The van der Waals surface area contributed by atoms with Crippen LogP contribution in [0.2, 0.25) is 0 Å². The number of rotatable bonds is 2. The molecule has 0 fully saturated rings. The molecule has 0 aliphatic heterocycles. The summed E-state index contributed by atoms with van der Waals surface area (Å²) in [6.07, 6.45) is 3.47. The Balaban J connectivity index is 2.13. The number of benzene rings is 1. The van der Waals surface area contributed by atoms with Crippen molar-refractivity contribution in [2.45, 2.75) is 6.61 Å². The number of aliphatic hydroxyl groups excluding tert-OH is 1. The molecule has 0 bridgehead atoms. The zero-order chi connectivity index (χ0) is 11.7. The van der Waals surface area contributed by atoms with Crippen LogP contribution in [0.3, 0.4) is 0 Å². The molecule has 0 unspecified atom stereocenters. The summed E-state index contributed by atoms with van der Waals surface area (Å²) >= 11 is 0. The van der Waals surface area contributed by atoms with Crippen molar-refractivity contribution in [3.63, 3.8) is 0 Å². The molecular formula is C13H11N3O. The Bertz CT molecular complexity index is 643. The summed E-state index contributed by atoms with van der Waals surface area (Å²) in [6, 6.07) is 11.7. The molecule has 4 heteroatoms. The molecule has 17 heavy (non-hydrogen) atoms. The van der Waals surface area contributed by atoms with Crippen LogP contribution < -0.4 is 0 Å². The highest BCUT2D eigenvalue weighted by molar-refractivity contribution is 5.79. The second-order valence-corrected chi connectivity index (χ2v) is 3.80. The molecule has 2 heterocycles. The van der Waals surface area contributed by atoms with Crippen molar-refractivity contribution in [2.24, 2.45) is 0 Å². The summed E-state index contributed by atoms with van der Waals surface area (Å²) < 4.78 is 1.79. The van der Waals surface area contributed by atoms with Crippen LogP contribution in [0.15, 0.2) is 48.8 Å². The largest absolute Gasteiger partial charge is 0.392 e. The van der Waals surface area contributed by atoms with Gasteiger partial charge in [0.1, 0.15) is 0 Å². The van der Waals surface area contributed by atoms with E-state index in [2.05, 4.69) is 10.1 Å². The van der Waals surface area contributed by atoms with Gasteiger partial charge >= 0.3 is 0 Å². The third kappa shape index (κ3) is 1.68. The Morgan fingerprint density at radius 2 is 1.94 bits per heavy atom. The number of aliphatic hydroxyl groups is 1. The summed E-state index contributed by atoms with van der Waals surface area (Å²) in [5.41, 5.74) is 1.82. The van der Waals surface area contributed by atoms with E-state index in [-0.39, 0.29) is 6.61 Å². The third-order valence-corrected chi connectivity index (χ3v) is 2.69. The van der Waals surface area contributed by atoms with Crippen molar-refractivity contribution in [1.82, 2.24) is 14.8 Å². The van der Waals surface area contributed by atoms with Gasteiger partial charge in [-0.25, -0.2) is 9.67 Å². The molecule has 0 amide bonds. The molecule has 0 spiro atoms. The second kappa shape index (κ2) is 3.99. The van der Waals surface area contributed by atoms with Gasteiger partial charge in [-0.2, -0.15) is 5.10 Å². The lowest BCUT2D eigenvalue weighted by atomic mass is 10.2. The first kappa shape index (κ1) is 9.99. The Labute approximate surface area is 98.2 Å². The van der Waals surface area contributed by atoms with Crippen molar-refractivity contribution < 1.29 is 5.11 Å². The smallest absolute Gasteiger partial charge is 0.153 e. The first-order chi connectivity index (χ1) is 8.38. The monoisotopic (exact) mass is 225 g/mol. The zero-order valence-corrected chi connectivity index (χ0v) is 9.11. The van der Waals surface area contributed by atoms with Gasteiger partial charge in [0, 0.05) is 11.6 Å². The molecule has 1 N–H and O–H groups in total. The van der Waals surface area contributed by atoms with Crippen LogP contribution >= 0.6 is 0 Å². The van der Waals surface area contributed by atoms with Crippen LogP contribution in [0.25, 0.3) is 16.7 Å². The van der Waals surface area contributed by atoms with Gasteiger partial charge in [-0.3, -0.25) is 0 Å². The van der Waals surface area contributed by atoms with Gasteiger partial charge in [0.15, 0.2) is 5.82 Å². The van der Waals surface area contributed by atoms with E-state index in [0.717, 1.165) is 22.3 Å². The highest BCUT2D eigenvalue weighted by Crippen LogP contribution is 2.16. The minimum Gasteiger partial charge on any atom is -0.392 e. The predicted molar refractivity (Wildman–Crippen MR) is 64.8 cm³/mol. The van der Waals surface area contributed by atoms with Gasteiger partial charge in [-0.05, 0) is 17.7 Å². The van der Waals surface area contributed by atoms with Crippen molar-refractivity contribution in [2.75, 3.05) is 0 Å². The van der Waals surface area contributed by atoms with E-state index in [0.29, 0.717) is 0 Å². The summed E-state index contributed by atoms with van der Waals surface area (Å²) in [5, 5.41) is 14.4. The lowest BCUT2D eigenvalue weighted by molar-refractivity contribution is 0.281. The van der Waals surface area contributed by atoms with Gasteiger partial charge in [-0.1, -0.05) is 24.3 Å². The first-order valence-corrected chi connectivity index (χ1v) is 5.37. The van der Waals surface area contributed by atoms with Crippen molar-refractivity contribution in [3.05, 3.63) is 54.4 Å².